The summed E-state index contributed by atoms with van der Waals surface area (Å²) in [6.45, 7) is 3.88. The summed E-state index contributed by atoms with van der Waals surface area (Å²) in [7, 11) is 0. The molecular weight excluding hydrogens is 570 g/mol. The minimum absolute atomic E-state index is 0.0351. The van der Waals surface area contributed by atoms with Gasteiger partial charge in [0.05, 0.1) is 48.7 Å². The third-order valence-electron chi connectivity index (χ3n) is 10.3. The first-order valence-corrected chi connectivity index (χ1v) is 16.3. The van der Waals surface area contributed by atoms with Crippen molar-refractivity contribution in [2.24, 2.45) is 5.92 Å². The van der Waals surface area contributed by atoms with Crippen molar-refractivity contribution < 1.29 is 23.5 Å². The van der Waals surface area contributed by atoms with Crippen LogP contribution >= 0.6 is 0 Å². The van der Waals surface area contributed by atoms with Gasteiger partial charge in [0.15, 0.2) is 17.3 Å². The van der Waals surface area contributed by atoms with Gasteiger partial charge >= 0.3 is 0 Å². The number of hydrogen-bond donors (Lipinski definition) is 4. The highest BCUT2D eigenvalue weighted by Crippen LogP contribution is 2.38. The van der Waals surface area contributed by atoms with Gasteiger partial charge in [0.1, 0.15) is 11.7 Å². The van der Waals surface area contributed by atoms with Crippen LogP contribution in [0.4, 0.5) is 14.6 Å². The number of hydrogen-bond acceptors (Lipinski definition) is 8. The van der Waals surface area contributed by atoms with E-state index in [1.54, 1.807) is 11.8 Å². The van der Waals surface area contributed by atoms with Crippen LogP contribution in [0.25, 0.3) is 5.65 Å². The van der Waals surface area contributed by atoms with Crippen LogP contribution in [-0.4, -0.2) is 103 Å². The summed E-state index contributed by atoms with van der Waals surface area (Å²) < 4.78 is 32.1. The van der Waals surface area contributed by atoms with Crippen LogP contribution in [-0.2, 0) is 4.79 Å². The van der Waals surface area contributed by atoms with Crippen molar-refractivity contribution in [3.63, 3.8) is 0 Å². The van der Waals surface area contributed by atoms with Gasteiger partial charge in [-0.15, -0.1) is 5.10 Å². The Morgan fingerprint density at radius 1 is 1.09 bits per heavy atom. The van der Waals surface area contributed by atoms with Crippen LogP contribution in [0.1, 0.15) is 87.9 Å². The Balaban J connectivity index is 1.22. The summed E-state index contributed by atoms with van der Waals surface area (Å²) in [6, 6.07) is -1.18. The lowest BCUT2D eigenvalue weighted by Crippen LogP contribution is -2.73. The largest absolute Gasteiger partial charge is 0.386 e. The first-order chi connectivity index (χ1) is 21.1. The number of carbonyl (C=O) groups is 2. The van der Waals surface area contributed by atoms with Crippen molar-refractivity contribution in [2.75, 3.05) is 38.5 Å². The summed E-state index contributed by atoms with van der Waals surface area (Å²) in [4.78, 5) is 34.6. The number of rotatable bonds is 4. The first kappa shape index (κ1) is 31.1. The predicted octanol–water partition coefficient (Wildman–Crippen LogP) is 2.43. The van der Waals surface area contributed by atoms with E-state index in [9.17, 15) is 19.1 Å². The number of amides is 2. The molecule has 0 aromatic carbocycles. The van der Waals surface area contributed by atoms with Crippen LogP contribution in [0.2, 0.25) is 0 Å². The van der Waals surface area contributed by atoms with Crippen molar-refractivity contribution >= 4 is 23.3 Å². The van der Waals surface area contributed by atoms with Crippen LogP contribution in [0.3, 0.4) is 0 Å². The molecule has 5 N–H and O–H groups in total. The van der Waals surface area contributed by atoms with E-state index in [0.717, 1.165) is 55.4 Å². The third kappa shape index (κ3) is 6.15. The fourth-order valence-electron chi connectivity index (χ4n) is 8.00. The second-order valence-corrected chi connectivity index (χ2v) is 13.8. The topological polar surface area (TPSA) is 141 Å². The number of halogens is 2. The standard InChI is InChI=1S/C31H46F2N8O3/c1-30(44)18-40(19-30)29(43)20-9-13-39(14-10-20)24-22(16-36-31(25(24)33)11-7-5-3-2-4-6-8-12-31)37-28(42)23-26(34)38-41-17-21(32)15-35-27(23)41/h15,17,20,22,24-25,36,44H,2-14,16,18-19H2,1H3,(H2,34,38)(H,37,42). The van der Waals surface area contributed by atoms with Gasteiger partial charge in [0.25, 0.3) is 5.91 Å². The molecule has 1 spiro atoms. The molecule has 2 aromatic rings. The molecule has 3 unspecified atom stereocenters. The van der Waals surface area contributed by atoms with Gasteiger partial charge in [-0.1, -0.05) is 44.9 Å². The van der Waals surface area contributed by atoms with Gasteiger partial charge < -0.3 is 26.4 Å². The molecule has 0 radical (unpaired) electrons. The second kappa shape index (κ2) is 12.5. The number of anilines is 1. The Hall–Kier alpha value is -2.90. The molecule has 44 heavy (non-hydrogen) atoms. The second-order valence-electron chi connectivity index (χ2n) is 13.8. The summed E-state index contributed by atoms with van der Waals surface area (Å²) >= 11 is 0. The molecule has 5 heterocycles. The average Bonchev–Trinajstić information content (AvgIpc) is 3.31. The number of nitrogens with two attached hydrogens (primary N) is 1. The fraction of sp³-hybridized carbons (Fsp3) is 0.742. The van der Waals surface area contributed by atoms with E-state index >= 15 is 4.39 Å². The zero-order chi connectivity index (χ0) is 31.1. The van der Waals surface area contributed by atoms with Gasteiger partial charge in [-0.05, 0) is 45.7 Å². The van der Waals surface area contributed by atoms with Crippen molar-refractivity contribution in [2.45, 2.75) is 107 Å². The molecule has 11 nitrogen and oxygen atoms in total. The molecule has 3 saturated heterocycles. The molecule has 1 aliphatic carbocycles. The number of nitrogens with one attached hydrogen (secondary N) is 2. The highest BCUT2D eigenvalue weighted by atomic mass is 19.1. The maximum atomic E-state index is 17.2. The van der Waals surface area contributed by atoms with E-state index in [0.29, 0.717) is 45.6 Å². The number of fused-ring (bicyclic) bond motifs is 1. The van der Waals surface area contributed by atoms with Crippen LogP contribution in [0.5, 0.6) is 0 Å². The molecule has 13 heteroatoms. The van der Waals surface area contributed by atoms with E-state index in [4.69, 9.17) is 5.73 Å². The van der Waals surface area contributed by atoms with E-state index < -0.39 is 41.1 Å². The van der Waals surface area contributed by atoms with Crippen LogP contribution < -0.4 is 16.4 Å². The van der Waals surface area contributed by atoms with E-state index in [1.165, 1.54) is 19.3 Å². The molecule has 2 amide bonds. The van der Waals surface area contributed by atoms with Gasteiger partial charge in [-0.3, -0.25) is 14.5 Å². The number of nitrogen functional groups attached to an aromatic ring is 1. The summed E-state index contributed by atoms with van der Waals surface area (Å²) in [6.07, 6.45) is 11.2. The Morgan fingerprint density at radius 3 is 2.36 bits per heavy atom. The number of aliphatic hydroxyl groups is 1. The van der Waals surface area contributed by atoms with Gasteiger partial charge in [-0.25, -0.2) is 18.3 Å². The lowest BCUT2D eigenvalue weighted by Gasteiger charge is -2.53. The molecule has 3 atom stereocenters. The molecule has 6 rings (SSSR count). The lowest BCUT2D eigenvalue weighted by molar-refractivity contribution is -0.158. The minimum Gasteiger partial charge on any atom is -0.386 e. The number of nitrogens with zero attached hydrogens (tertiary/aromatic N) is 5. The van der Waals surface area contributed by atoms with Crippen molar-refractivity contribution in [3.05, 3.63) is 23.8 Å². The van der Waals surface area contributed by atoms with Crippen molar-refractivity contribution in [3.8, 4) is 0 Å². The SMILES string of the molecule is CC1(O)CN(C(=O)C2CCN(C3C(NC(=O)c4c(N)nn5cc(F)cnc45)CNC4(CCCCCCCCC4)C3F)CC2)C1. The zero-order valence-corrected chi connectivity index (χ0v) is 25.6. The van der Waals surface area contributed by atoms with Gasteiger partial charge in [-0.2, -0.15) is 0 Å². The number of piperidine rings is 2. The van der Waals surface area contributed by atoms with Crippen molar-refractivity contribution in [1.29, 1.82) is 0 Å². The number of likely N-dealkylation sites (tertiary alicyclic amines) is 2. The Bertz CT molecular complexity index is 1340. The van der Waals surface area contributed by atoms with Crippen LogP contribution in [0, 0.1) is 11.7 Å². The summed E-state index contributed by atoms with van der Waals surface area (Å²) in [5.41, 5.74) is 4.74. The molecule has 0 bridgehead atoms. The van der Waals surface area contributed by atoms with Crippen molar-refractivity contribution in [1.82, 2.24) is 35.0 Å². The number of alkyl halides is 1. The number of carbonyl (C=O) groups excluding carboxylic acids is 2. The Morgan fingerprint density at radius 2 is 1.73 bits per heavy atom. The highest BCUT2D eigenvalue weighted by Gasteiger charge is 2.52. The summed E-state index contributed by atoms with van der Waals surface area (Å²) in [5, 5.41) is 20.8. The van der Waals surface area contributed by atoms with Gasteiger partial charge in [0.2, 0.25) is 5.91 Å². The molecule has 3 aliphatic heterocycles. The Kier molecular flexibility index (Phi) is 8.82. The first-order valence-electron chi connectivity index (χ1n) is 16.3. The van der Waals surface area contributed by atoms with E-state index in [2.05, 4.69) is 25.6 Å². The summed E-state index contributed by atoms with van der Waals surface area (Å²) in [5.74, 6) is -1.33. The predicted molar refractivity (Wildman–Crippen MR) is 161 cm³/mol. The molecule has 4 fully saturated rings. The Labute approximate surface area is 256 Å². The lowest BCUT2D eigenvalue weighted by atomic mass is 9.73. The van der Waals surface area contributed by atoms with Gasteiger partial charge in [0, 0.05) is 12.5 Å². The van der Waals surface area contributed by atoms with E-state index in [1.807, 2.05) is 0 Å². The maximum Gasteiger partial charge on any atom is 0.259 e. The van der Waals surface area contributed by atoms with Crippen LogP contribution in [0.15, 0.2) is 12.4 Å². The molecule has 1 saturated carbocycles. The monoisotopic (exact) mass is 616 g/mol. The number of aromatic nitrogens is 3. The average molecular weight is 617 g/mol. The molecule has 2 aromatic heterocycles. The fourth-order valence-corrected chi connectivity index (χ4v) is 8.00. The highest BCUT2D eigenvalue weighted by molar-refractivity contribution is 6.04. The quantitative estimate of drug-likeness (QED) is 0.411. The molecule has 4 aliphatic rings. The minimum atomic E-state index is -1.24. The van der Waals surface area contributed by atoms with E-state index in [-0.39, 0.29) is 28.9 Å². The zero-order valence-electron chi connectivity index (χ0n) is 25.6. The third-order valence-corrected chi connectivity index (χ3v) is 10.3. The molecule has 242 valence electrons. The molecular formula is C31H46F2N8O3. The number of β-amino-alcohol motifs (C(OH)–C–C–N with tert-alkyl or cyclic N) is 1. The smallest absolute Gasteiger partial charge is 0.259 e. The maximum absolute atomic E-state index is 17.2. The normalized spacial score (nSPS) is 28.5.